The van der Waals surface area contributed by atoms with E-state index >= 15 is 0 Å². The molecule has 0 amide bonds. The van der Waals surface area contributed by atoms with E-state index in [-0.39, 0.29) is 0 Å². The van der Waals surface area contributed by atoms with Crippen molar-refractivity contribution < 1.29 is 0 Å². The largest absolute Gasteiger partial charge is 0.364 e. The maximum absolute atomic E-state index is 5.31. The van der Waals surface area contributed by atoms with Crippen molar-refractivity contribution in [1.29, 1.82) is 0 Å². The molecule has 0 saturated carbocycles. The van der Waals surface area contributed by atoms with Crippen molar-refractivity contribution in [3.05, 3.63) is 23.9 Å². The van der Waals surface area contributed by atoms with Crippen LogP contribution in [0.4, 0.5) is 0 Å². The van der Waals surface area contributed by atoms with Crippen molar-refractivity contribution in [3.8, 4) is 0 Å². The number of nitrogens with two attached hydrogens (primary N) is 1. The monoisotopic (exact) mass is 190 g/mol. The van der Waals surface area contributed by atoms with Crippen molar-refractivity contribution in [2.24, 2.45) is 5.14 Å². The summed E-state index contributed by atoms with van der Waals surface area (Å²) in [6.45, 7) is 5.70. The predicted octanol–water partition coefficient (Wildman–Crippen LogP) is 1.92. The van der Waals surface area contributed by atoms with E-state index in [0.29, 0.717) is 5.25 Å². The van der Waals surface area contributed by atoms with Gasteiger partial charge in [0, 0.05) is 16.4 Å². The Labute approximate surface area is 76.8 Å². The fourth-order valence-electron chi connectivity index (χ4n) is 0.565. The second-order valence-corrected chi connectivity index (χ2v) is 3.62. The zero-order valence-corrected chi connectivity index (χ0v) is 8.47. The van der Waals surface area contributed by atoms with Gasteiger partial charge in [0.1, 0.15) is 0 Å². The molecule has 0 spiro atoms. The highest BCUT2D eigenvalue weighted by Crippen LogP contribution is 2.15. The smallest absolute Gasteiger partial charge is 0.0422 e. The lowest BCUT2D eigenvalue weighted by Crippen LogP contribution is -2.14. The van der Waals surface area contributed by atoms with Gasteiger partial charge in [-0.05, 0) is 19.4 Å². The van der Waals surface area contributed by atoms with E-state index in [1.165, 1.54) is 11.9 Å². The highest BCUT2D eigenvalue weighted by molar-refractivity contribution is 8.00. The Kier molecular flexibility index (Phi) is 6.60. The van der Waals surface area contributed by atoms with Crippen LogP contribution in [0.2, 0.25) is 0 Å². The molecule has 0 aromatic rings. The first-order chi connectivity index (χ1) is 5.26. The molecule has 0 aliphatic carbocycles. The molecule has 1 unspecified atom stereocenters. The summed E-state index contributed by atoms with van der Waals surface area (Å²) < 4.78 is 0. The minimum atomic E-state index is 0.434. The van der Waals surface area contributed by atoms with E-state index < -0.39 is 0 Å². The molecule has 0 heterocycles. The van der Waals surface area contributed by atoms with Gasteiger partial charge in [-0.1, -0.05) is 18.5 Å². The zero-order valence-electron chi connectivity index (χ0n) is 6.83. The molecule has 0 fully saturated rings. The van der Waals surface area contributed by atoms with Crippen molar-refractivity contribution in [1.82, 2.24) is 5.32 Å². The Morgan fingerprint density at radius 2 is 2.36 bits per heavy atom. The summed E-state index contributed by atoms with van der Waals surface area (Å²) >= 11 is 2.97. The first-order valence-electron chi connectivity index (χ1n) is 3.22. The van der Waals surface area contributed by atoms with E-state index in [2.05, 4.69) is 25.1 Å². The molecular formula is C7H14N2S2. The molecule has 0 aliphatic rings. The van der Waals surface area contributed by atoms with Crippen LogP contribution in [0.15, 0.2) is 23.9 Å². The zero-order chi connectivity index (χ0) is 8.69. The predicted molar refractivity (Wildman–Crippen MR) is 56.2 cm³/mol. The lowest BCUT2D eigenvalue weighted by atomic mass is 10.4. The Bertz CT molecular complexity index is 145. The summed E-state index contributed by atoms with van der Waals surface area (Å²) in [5.74, 6) is 0. The Balaban J connectivity index is 4.08. The van der Waals surface area contributed by atoms with Crippen molar-refractivity contribution in [3.63, 3.8) is 0 Å². The molecule has 1 atom stereocenters. The molecule has 0 radical (unpaired) electrons. The van der Waals surface area contributed by atoms with E-state index in [4.69, 9.17) is 5.14 Å². The van der Waals surface area contributed by atoms with Crippen LogP contribution < -0.4 is 10.5 Å². The van der Waals surface area contributed by atoms with E-state index in [1.807, 2.05) is 5.41 Å². The average Bonchev–Trinajstić information content (AvgIpc) is 2.03. The second kappa shape index (κ2) is 6.64. The summed E-state index contributed by atoms with van der Waals surface area (Å²) in [5, 5.41) is 10.7. The van der Waals surface area contributed by atoms with Crippen LogP contribution in [-0.4, -0.2) is 11.5 Å². The first kappa shape index (κ1) is 10.9. The average molecular weight is 190 g/mol. The molecular weight excluding hydrogens is 176 g/mol. The summed E-state index contributed by atoms with van der Waals surface area (Å²) in [4.78, 5) is 0. The summed E-state index contributed by atoms with van der Waals surface area (Å²) in [6, 6.07) is 0. The lowest BCUT2D eigenvalue weighted by Gasteiger charge is -2.12. The quantitative estimate of drug-likeness (QED) is 0.650. The van der Waals surface area contributed by atoms with Gasteiger partial charge in [-0.25, -0.2) is 0 Å². The van der Waals surface area contributed by atoms with Crippen molar-refractivity contribution in [2.45, 2.75) is 12.2 Å². The number of nitrogens with one attached hydrogen (secondary N) is 1. The molecule has 2 nitrogen and oxygen atoms in total. The van der Waals surface area contributed by atoms with Gasteiger partial charge in [0.15, 0.2) is 0 Å². The minimum Gasteiger partial charge on any atom is -0.364 e. The molecule has 64 valence electrons. The SMILES string of the molecule is C=CN/C(=C\SN)C(C)SC. The van der Waals surface area contributed by atoms with Crippen molar-refractivity contribution in [2.75, 3.05) is 6.26 Å². The summed E-state index contributed by atoms with van der Waals surface area (Å²) in [7, 11) is 0. The summed E-state index contributed by atoms with van der Waals surface area (Å²) in [5.41, 5.74) is 1.10. The number of rotatable bonds is 5. The van der Waals surface area contributed by atoms with Gasteiger partial charge in [0.05, 0.1) is 0 Å². The van der Waals surface area contributed by atoms with E-state index in [1.54, 1.807) is 18.0 Å². The van der Waals surface area contributed by atoms with Crippen LogP contribution >= 0.6 is 23.7 Å². The molecule has 0 aromatic carbocycles. The van der Waals surface area contributed by atoms with Gasteiger partial charge < -0.3 is 5.32 Å². The maximum Gasteiger partial charge on any atom is 0.0422 e. The lowest BCUT2D eigenvalue weighted by molar-refractivity contribution is 0.968. The standard InChI is InChI=1S/C7H14N2S2/c1-4-9-7(5-11-8)6(2)10-3/h4-6,9H,1,8H2,2-3H3/b7-5-. The van der Waals surface area contributed by atoms with Gasteiger partial charge in [-0.2, -0.15) is 11.8 Å². The van der Waals surface area contributed by atoms with Crippen LogP contribution in [0.1, 0.15) is 6.92 Å². The first-order valence-corrected chi connectivity index (χ1v) is 5.45. The fourth-order valence-corrected chi connectivity index (χ4v) is 1.46. The van der Waals surface area contributed by atoms with E-state index in [9.17, 15) is 0 Å². The number of hydrogen-bond donors (Lipinski definition) is 2. The topological polar surface area (TPSA) is 38.0 Å². The molecule has 0 saturated heterocycles. The van der Waals surface area contributed by atoms with Crippen LogP contribution in [0.5, 0.6) is 0 Å². The van der Waals surface area contributed by atoms with Gasteiger partial charge in [0.25, 0.3) is 0 Å². The third kappa shape index (κ3) is 4.40. The van der Waals surface area contributed by atoms with Gasteiger partial charge in [-0.3, -0.25) is 5.14 Å². The molecule has 0 bridgehead atoms. The highest BCUT2D eigenvalue weighted by Gasteiger charge is 2.03. The van der Waals surface area contributed by atoms with Gasteiger partial charge in [0.2, 0.25) is 0 Å². The molecule has 0 aliphatic heterocycles. The van der Waals surface area contributed by atoms with Crippen LogP contribution in [0, 0.1) is 0 Å². The van der Waals surface area contributed by atoms with Crippen molar-refractivity contribution >= 4 is 23.7 Å². The van der Waals surface area contributed by atoms with Crippen LogP contribution in [0.25, 0.3) is 0 Å². The molecule has 0 aromatic heterocycles. The minimum absolute atomic E-state index is 0.434. The van der Waals surface area contributed by atoms with E-state index in [0.717, 1.165) is 5.70 Å². The molecule has 11 heavy (non-hydrogen) atoms. The third-order valence-electron chi connectivity index (χ3n) is 1.26. The maximum atomic E-state index is 5.31. The number of thioether (sulfide) groups is 1. The Hall–Kier alpha value is -0.0600. The normalized spacial score (nSPS) is 14.3. The molecule has 3 N–H and O–H groups in total. The van der Waals surface area contributed by atoms with Crippen LogP contribution in [-0.2, 0) is 0 Å². The number of hydrogen-bond acceptors (Lipinski definition) is 4. The van der Waals surface area contributed by atoms with Crippen LogP contribution in [0.3, 0.4) is 0 Å². The van der Waals surface area contributed by atoms with Gasteiger partial charge in [-0.15, -0.1) is 0 Å². The molecule has 4 heteroatoms. The Morgan fingerprint density at radius 3 is 2.73 bits per heavy atom. The summed E-state index contributed by atoms with van der Waals surface area (Å²) in [6.07, 6.45) is 3.72. The highest BCUT2D eigenvalue weighted by atomic mass is 32.2. The Morgan fingerprint density at radius 1 is 1.73 bits per heavy atom. The fraction of sp³-hybridized carbons (Fsp3) is 0.429. The third-order valence-corrected chi connectivity index (χ3v) is 2.61. The second-order valence-electron chi connectivity index (χ2n) is 1.94. The van der Waals surface area contributed by atoms with Gasteiger partial charge >= 0.3 is 0 Å². The molecule has 0 rings (SSSR count).